The number of amides is 3. The highest BCUT2D eigenvalue weighted by Gasteiger charge is 2.46. The van der Waals surface area contributed by atoms with Crippen LogP contribution in [0.15, 0.2) is 97.1 Å². The highest BCUT2D eigenvalue weighted by Crippen LogP contribution is 2.39. The monoisotopic (exact) mass is 641 g/mol. The molecule has 2 aliphatic heterocycles. The molecule has 0 unspecified atom stereocenters. The van der Waals surface area contributed by atoms with Crippen LogP contribution in [0.4, 0.5) is 11.5 Å². The van der Waals surface area contributed by atoms with E-state index in [1.807, 2.05) is 112 Å². The molecule has 10 heteroatoms. The molecule has 2 aliphatic rings. The van der Waals surface area contributed by atoms with Crippen LogP contribution < -0.4 is 10.2 Å². The molecule has 2 N–H and O–H groups in total. The zero-order chi connectivity index (χ0) is 33.1. The Bertz CT molecular complexity index is 1920. The first-order valence-corrected chi connectivity index (χ1v) is 16.6. The summed E-state index contributed by atoms with van der Waals surface area (Å²) in [5.41, 5.74) is 3.10. The van der Waals surface area contributed by atoms with Crippen molar-refractivity contribution in [3.63, 3.8) is 0 Å². The van der Waals surface area contributed by atoms with Crippen molar-refractivity contribution < 1.29 is 14.4 Å². The minimum absolute atomic E-state index is 0.111. The molecule has 0 radical (unpaired) electrons. The van der Waals surface area contributed by atoms with Crippen molar-refractivity contribution in [2.24, 2.45) is 0 Å². The van der Waals surface area contributed by atoms with E-state index in [-0.39, 0.29) is 17.7 Å². The number of rotatable bonds is 9. The molecule has 0 spiro atoms. The van der Waals surface area contributed by atoms with E-state index in [1.54, 1.807) is 0 Å². The van der Waals surface area contributed by atoms with Crippen LogP contribution in [-0.2, 0) is 15.0 Å². The summed E-state index contributed by atoms with van der Waals surface area (Å²) in [6.45, 7) is 4.87. The Morgan fingerprint density at radius 1 is 0.833 bits per heavy atom. The smallest absolute Gasteiger partial charge is 0.270 e. The van der Waals surface area contributed by atoms with Crippen molar-refractivity contribution in [1.29, 1.82) is 0 Å². The standard InChI is InChI=1S/C38H39N7O3/c1-27(46)39-20-25-45(30-16-9-4-10-17-30)35-31-26-32(40-34(31)41-33(42-35)28-12-5-2-6-13-28)36(47)43-23-18-38(19-24-43,29-14-7-3-8-15-29)37(48)44-21-11-22-44/h2-10,12-17,26H,11,18-25H2,1H3,(H,39,46)(H,40,41,42). The van der Waals surface area contributed by atoms with Crippen LogP contribution in [0.3, 0.4) is 0 Å². The van der Waals surface area contributed by atoms with Crippen molar-refractivity contribution >= 4 is 40.3 Å². The second kappa shape index (κ2) is 13.3. The van der Waals surface area contributed by atoms with Gasteiger partial charge in [-0.3, -0.25) is 14.4 Å². The number of carbonyl (C=O) groups excluding carboxylic acids is 3. The first-order chi connectivity index (χ1) is 23.4. The van der Waals surface area contributed by atoms with E-state index in [9.17, 15) is 14.4 Å². The maximum Gasteiger partial charge on any atom is 0.270 e. The average Bonchev–Trinajstić information content (AvgIpc) is 3.54. The molecule has 10 nitrogen and oxygen atoms in total. The molecular weight excluding hydrogens is 602 g/mol. The SMILES string of the molecule is CC(=O)NCCN(c1ccccc1)c1nc(-c2ccccc2)nc2[nH]c(C(=O)N3CCC(C(=O)N4CCC4)(c4ccccc4)CC3)cc12. The Morgan fingerprint density at radius 2 is 1.48 bits per heavy atom. The van der Waals surface area contributed by atoms with E-state index in [0.29, 0.717) is 67.4 Å². The lowest BCUT2D eigenvalue weighted by molar-refractivity contribution is -0.143. The van der Waals surface area contributed by atoms with E-state index in [2.05, 4.69) is 10.3 Å². The maximum atomic E-state index is 14.1. The van der Waals surface area contributed by atoms with Gasteiger partial charge in [0, 0.05) is 57.4 Å². The maximum absolute atomic E-state index is 14.1. The minimum atomic E-state index is -0.633. The second-order valence-electron chi connectivity index (χ2n) is 12.5. The van der Waals surface area contributed by atoms with Crippen molar-refractivity contribution in [1.82, 2.24) is 30.1 Å². The summed E-state index contributed by atoms with van der Waals surface area (Å²) >= 11 is 0. The molecule has 0 atom stereocenters. The molecule has 0 bridgehead atoms. The highest BCUT2D eigenvalue weighted by molar-refractivity contribution is 6.01. The van der Waals surface area contributed by atoms with Gasteiger partial charge in [0.05, 0.1) is 10.8 Å². The number of piperidine rings is 1. The molecule has 7 rings (SSSR count). The van der Waals surface area contributed by atoms with Crippen molar-refractivity contribution in [3.05, 3.63) is 108 Å². The normalized spacial score (nSPS) is 15.5. The van der Waals surface area contributed by atoms with Gasteiger partial charge in [0.15, 0.2) is 5.82 Å². The first kappa shape index (κ1) is 31.1. The zero-order valence-electron chi connectivity index (χ0n) is 27.1. The summed E-state index contributed by atoms with van der Waals surface area (Å²) in [5, 5.41) is 3.60. The van der Waals surface area contributed by atoms with Gasteiger partial charge >= 0.3 is 0 Å². The number of fused-ring (bicyclic) bond motifs is 1. The van der Waals surface area contributed by atoms with E-state index < -0.39 is 5.41 Å². The van der Waals surface area contributed by atoms with Gasteiger partial charge in [0.1, 0.15) is 17.2 Å². The van der Waals surface area contributed by atoms with Gasteiger partial charge in [-0.25, -0.2) is 9.97 Å². The third-order valence-corrected chi connectivity index (χ3v) is 9.55. The molecule has 0 aliphatic carbocycles. The summed E-state index contributed by atoms with van der Waals surface area (Å²) < 4.78 is 0. The van der Waals surface area contributed by atoms with Crippen LogP contribution in [0.1, 0.15) is 42.2 Å². The number of H-pyrrole nitrogens is 1. The molecule has 5 aromatic rings. The van der Waals surface area contributed by atoms with Crippen molar-refractivity contribution in [3.8, 4) is 11.4 Å². The summed E-state index contributed by atoms with van der Waals surface area (Å²) in [6.07, 6.45) is 2.16. The Kier molecular flexibility index (Phi) is 8.63. The molecule has 4 heterocycles. The molecule has 2 aromatic heterocycles. The number of anilines is 2. The van der Waals surface area contributed by atoms with Crippen molar-refractivity contribution in [2.45, 2.75) is 31.6 Å². The fourth-order valence-corrected chi connectivity index (χ4v) is 6.81. The molecule has 3 aromatic carbocycles. The van der Waals surface area contributed by atoms with Gasteiger partial charge in [-0.1, -0.05) is 78.9 Å². The molecule has 0 saturated carbocycles. The summed E-state index contributed by atoms with van der Waals surface area (Å²) in [7, 11) is 0. The molecular formula is C38H39N7O3. The Labute approximate surface area is 279 Å². The number of nitrogens with zero attached hydrogens (tertiary/aromatic N) is 5. The van der Waals surface area contributed by atoms with E-state index in [4.69, 9.17) is 9.97 Å². The van der Waals surface area contributed by atoms with Crippen LogP contribution in [0, 0.1) is 0 Å². The highest BCUT2D eigenvalue weighted by atomic mass is 16.2. The number of nitrogens with one attached hydrogen (secondary N) is 2. The quantitative estimate of drug-likeness (QED) is 0.226. The van der Waals surface area contributed by atoms with Gasteiger partial charge in [-0.15, -0.1) is 0 Å². The number of benzene rings is 3. The molecule has 3 amide bonds. The Hall–Kier alpha value is -5.51. The van der Waals surface area contributed by atoms with E-state index >= 15 is 0 Å². The zero-order valence-corrected chi connectivity index (χ0v) is 27.1. The van der Waals surface area contributed by atoms with Gasteiger partial charge in [-0.05, 0) is 43.0 Å². The largest absolute Gasteiger partial charge is 0.355 e. The predicted molar refractivity (Wildman–Crippen MR) is 186 cm³/mol. The van der Waals surface area contributed by atoms with Gasteiger partial charge in [0.25, 0.3) is 5.91 Å². The third kappa shape index (κ3) is 6.01. The lowest BCUT2D eigenvalue weighted by Crippen LogP contribution is -2.56. The lowest BCUT2D eigenvalue weighted by atomic mass is 9.71. The Balaban J connectivity index is 1.23. The number of para-hydroxylation sites is 1. The topological polar surface area (TPSA) is 115 Å². The predicted octanol–water partition coefficient (Wildman–Crippen LogP) is 5.31. The van der Waals surface area contributed by atoms with Gasteiger partial charge in [-0.2, -0.15) is 0 Å². The van der Waals surface area contributed by atoms with Crippen LogP contribution >= 0.6 is 0 Å². The number of likely N-dealkylation sites (tertiary alicyclic amines) is 2. The summed E-state index contributed by atoms with van der Waals surface area (Å²) in [4.78, 5) is 58.8. The van der Waals surface area contributed by atoms with Crippen LogP contribution in [0.2, 0.25) is 0 Å². The molecule has 48 heavy (non-hydrogen) atoms. The van der Waals surface area contributed by atoms with Gasteiger partial charge in [0.2, 0.25) is 11.8 Å². The second-order valence-corrected chi connectivity index (χ2v) is 12.5. The molecule has 2 saturated heterocycles. The fraction of sp³-hybridized carbons (Fsp3) is 0.289. The molecule has 2 fully saturated rings. The lowest BCUT2D eigenvalue weighted by Gasteiger charge is -2.45. The number of carbonyl (C=O) groups is 3. The van der Waals surface area contributed by atoms with Crippen LogP contribution in [0.25, 0.3) is 22.4 Å². The van der Waals surface area contributed by atoms with Gasteiger partial charge < -0.3 is 25.0 Å². The summed E-state index contributed by atoms with van der Waals surface area (Å²) in [5.74, 6) is 1.08. The summed E-state index contributed by atoms with van der Waals surface area (Å²) in [6, 6.07) is 31.5. The number of hydrogen-bond donors (Lipinski definition) is 2. The van der Waals surface area contributed by atoms with Crippen LogP contribution in [0.5, 0.6) is 0 Å². The average molecular weight is 642 g/mol. The van der Waals surface area contributed by atoms with E-state index in [0.717, 1.165) is 36.3 Å². The first-order valence-electron chi connectivity index (χ1n) is 16.6. The fourth-order valence-electron chi connectivity index (χ4n) is 6.81. The van der Waals surface area contributed by atoms with Crippen molar-refractivity contribution in [2.75, 3.05) is 44.2 Å². The van der Waals surface area contributed by atoms with Crippen LogP contribution in [-0.4, -0.2) is 81.7 Å². The number of aromatic nitrogens is 3. The van der Waals surface area contributed by atoms with E-state index in [1.165, 1.54) is 6.92 Å². The third-order valence-electron chi connectivity index (χ3n) is 9.55. The Morgan fingerprint density at radius 3 is 2.10 bits per heavy atom. The minimum Gasteiger partial charge on any atom is -0.355 e. The number of aromatic amines is 1. The number of hydrogen-bond acceptors (Lipinski definition) is 6. The molecule has 244 valence electrons.